The van der Waals surface area contributed by atoms with Gasteiger partial charge in [0.2, 0.25) is 0 Å². The SMILES string of the molecule is CCC(N[C@H](CC)CO)C1CC1. The van der Waals surface area contributed by atoms with Crippen LogP contribution in [0.3, 0.4) is 0 Å². The first kappa shape index (κ1) is 10.0. The lowest BCUT2D eigenvalue weighted by atomic mass is 10.1. The molecule has 72 valence electrons. The fourth-order valence-corrected chi connectivity index (χ4v) is 1.69. The van der Waals surface area contributed by atoms with Crippen LogP contribution in [0, 0.1) is 5.92 Å². The quantitative estimate of drug-likeness (QED) is 0.635. The number of hydrogen-bond acceptors (Lipinski definition) is 2. The lowest BCUT2D eigenvalue weighted by molar-refractivity contribution is 0.221. The van der Waals surface area contributed by atoms with E-state index in [1.165, 1.54) is 19.3 Å². The summed E-state index contributed by atoms with van der Waals surface area (Å²) in [6.45, 7) is 4.62. The molecule has 2 atom stereocenters. The first-order valence-electron chi connectivity index (χ1n) is 5.18. The normalized spacial score (nSPS) is 22.2. The fourth-order valence-electron chi connectivity index (χ4n) is 1.69. The summed E-state index contributed by atoms with van der Waals surface area (Å²) in [5, 5.41) is 12.5. The van der Waals surface area contributed by atoms with Crippen molar-refractivity contribution in [3.63, 3.8) is 0 Å². The smallest absolute Gasteiger partial charge is 0.0584 e. The van der Waals surface area contributed by atoms with Crippen molar-refractivity contribution in [1.29, 1.82) is 0 Å². The summed E-state index contributed by atoms with van der Waals surface area (Å²) in [5.74, 6) is 0.899. The van der Waals surface area contributed by atoms with Crippen molar-refractivity contribution in [2.75, 3.05) is 6.61 Å². The molecule has 2 nitrogen and oxygen atoms in total. The molecule has 0 amide bonds. The molecule has 1 unspecified atom stereocenters. The Kier molecular flexibility index (Phi) is 4.02. The zero-order chi connectivity index (χ0) is 8.97. The van der Waals surface area contributed by atoms with Crippen molar-refractivity contribution in [3.8, 4) is 0 Å². The predicted molar refractivity (Wildman–Crippen MR) is 51.1 cm³/mol. The Morgan fingerprint density at radius 3 is 2.33 bits per heavy atom. The van der Waals surface area contributed by atoms with E-state index in [1.54, 1.807) is 0 Å². The Labute approximate surface area is 75.4 Å². The third-order valence-corrected chi connectivity index (χ3v) is 2.79. The number of nitrogens with one attached hydrogen (secondary N) is 1. The zero-order valence-electron chi connectivity index (χ0n) is 8.21. The largest absolute Gasteiger partial charge is 0.395 e. The van der Waals surface area contributed by atoms with Crippen LogP contribution in [0.15, 0.2) is 0 Å². The third kappa shape index (κ3) is 2.76. The van der Waals surface area contributed by atoms with Gasteiger partial charge in [0, 0.05) is 12.1 Å². The lowest BCUT2D eigenvalue weighted by Gasteiger charge is -2.22. The van der Waals surface area contributed by atoms with Crippen LogP contribution in [0.4, 0.5) is 0 Å². The first-order chi connectivity index (χ1) is 5.81. The highest BCUT2D eigenvalue weighted by Crippen LogP contribution is 2.34. The van der Waals surface area contributed by atoms with E-state index in [0.29, 0.717) is 12.1 Å². The van der Waals surface area contributed by atoms with Gasteiger partial charge in [0.25, 0.3) is 0 Å². The third-order valence-electron chi connectivity index (χ3n) is 2.79. The molecule has 0 bridgehead atoms. The Morgan fingerprint density at radius 1 is 1.33 bits per heavy atom. The van der Waals surface area contributed by atoms with Crippen LogP contribution in [0.25, 0.3) is 0 Å². The van der Waals surface area contributed by atoms with Crippen LogP contribution in [0.1, 0.15) is 39.5 Å². The lowest BCUT2D eigenvalue weighted by Crippen LogP contribution is -2.41. The standard InChI is InChI=1S/C10H21NO/c1-3-9(7-12)11-10(4-2)8-5-6-8/h8-12H,3-7H2,1-2H3/t9-,10?/m1/s1. The van der Waals surface area contributed by atoms with Crippen LogP contribution >= 0.6 is 0 Å². The highest BCUT2D eigenvalue weighted by Gasteiger charge is 2.30. The predicted octanol–water partition coefficient (Wildman–Crippen LogP) is 1.54. The zero-order valence-corrected chi connectivity index (χ0v) is 8.21. The van der Waals surface area contributed by atoms with Crippen molar-refractivity contribution in [2.24, 2.45) is 5.92 Å². The highest BCUT2D eigenvalue weighted by atomic mass is 16.3. The van der Waals surface area contributed by atoms with E-state index in [1.807, 2.05) is 0 Å². The summed E-state index contributed by atoms with van der Waals surface area (Å²) in [4.78, 5) is 0. The summed E-state index contributed by atoms with van der Waals surface area (Å²) in [5.41, 5.74) is 0. The molecule has 1 aliphatic rings. The summed E-state index contributed by atoms with van der Waals surface area (Å²) in [6, 6.07) is 0.970. The Hall–Kier alpha value is -0.0800. The van der Waals surface area contributed by atoms with E-state index in [9.17, 15) is 0 Å². The molecule has 2 heteroatoms. The Bertz CT molecular complexity index is 119. The molecule has 0 aromatic carbocycles. The minimum atomic E-state index is 0.278. The second-order valence-electron chi connectivity index (χ2n) is 3.81. The fraction of sp³-hybridized carbons (Fsp3) is 1.00. The van der Waals surface area contributed by atoms with E-state index in [4.69, 9.17) is 5.11 Å². The van der Waals surface area contributed by atoms with Gasteiger partial charge in [0.15, 0.2) is 0 Å². The summed E-state index contributed by atoms with van der Waals surface area (Å²) in [6.07, 6.45) is 4.99. The Morgan fingerprint density at radius 2 is 2.00 bits per heavy atom. The highest BCUT2D eigenvalue weighted by molar-refractivity contribution is 4.87. The van der Waals surface area contributed by atoms with Gasteiger partial charge in [-0.15, -0.1) is 0 Å². The molecule has 12 heavy (non-hydrogen) atoms. The minimum absolute atomic E-state index is 0.278. The van der Waals surface area contributed by atoms with Gasteiger partial charge in [0.05, 0.1) is 6.61 Å². The Balaban J connectivity index is 2.24. The second-order valence-corrected chi connectivity index (χ2v) is 3.81. The van der Waals surface area contributed by atoms with Crippen LogP contribution in [-0.2, 0) is 0 Å². The molecular formula is C10H21NO. The van der Waals surface area contributed by atoms with Crippen molar-refractivity contribution in [3.05, 3.63) is 0 Å². The minimum Gasteiger partial charge on any atom is -0.395 e. The molecule has 0 spiro atoms. The van der Waals surface area contributed by atoms with Crippen LogP contribution < -0.4 is 5.32 Å². The van der Waals surface area contributed by atoms with Gasteiger partial charge in [-0.25, -0.2) is 0 Å². The van der Waals surface area contributed by atoms with Crippen LogP contribution in [0.5, 0.6) is 0 Å². The molecule has 0 aromatic heterocycles. The molecule has 1 rings (SSSR count). The topological polar surface area (TPSA) is 32.3 Å². The molecule has 0 radical (unpaired) electrons. The summed E-state index contributed by atoms with van der Waals surface area (Å²) >= 11 is 0. The molecule has 0 heterocycles. The van der Waals surface area contributed by atoms with Crippen molar-refractivity contribution in [2.45, 2.75) is 51.6 Å². The monoisotopic (exact) mass is 171 g/mol. The van der Waals surface area contributed by atoms with Crippen molar-refractivity contribution in [1.82, 2.24) is 5.32 Å². The summed E-state index contributed by atoms with van der Waals surface area (Å²) < 4.78 is 0. The van der Waals surface area contributed by atoms with Gasteiger partial charge in [0.1, 0.15) is 0 Å². The maximum absolute atomic E-state index is 9.01. The maximum Gasteiger partial charge on any atom is 0.0584 e. The maximum atomic E-state index is 9.01. The van der Waals surface area contributed by atoms with Crippen molar-refractivity contribution < 1.29 is 5.11 Å². The van der Waals surface area contributed by atoms with E-state index >= 15 is 0 Å². The van der Waals surface area contributed by atoms with Gasteiger partial charge in [-0.05, 0) is 31.6 Å². The molecule has 0 aromatic rings. The van der Waals surface area contributed by atoms with Gasteiger partial charge in [-0.1, -0.05) is 13.8 Å². The average Bonchev–Trinajstić information content (AvgIpc) is 2.90. The molecule has 0 saturated heterocycles. The molecular weight excluding hydrogens is 150 g/mol. The number of aliphatic hydroxyl groups is 1. The molecule has 0 aliphatic heterocycles. The second kappa shape index (κ2) is 4.83. The van der Waals surface area contributed by atoms with Gasteiger partial charge < -0.3 is 10.4 Å². The number of aliphatic hydroxyl groups excluding tert-OH is 1. The van der Waals surface area contributed by atoms with E-state index < -0.39 is 0 Å². The van der Waals surface area contributed by atoms with Crippen LogP contribution in [0.2, 0.25) is 0 Å². The first-order valence-corrected chi connectivity index (χ1v) is 5.18. The van der Waals surface area contributed by atoms with E-state index in [2.05, 4.69) is 19.2 Å². The average molecular weight is 171 g/mol. The molecule has 1 aliphatic carbocycles. The van der Waals surface area contributed by atoms with Gasteiger partial charge >= 0.3 is 0 Å². The van der Waals surface area contributed by atoms with E-state index in [-0.39, 0.29) is 6.61 Å². The van der Waals surface area contributed by atoms with Crippen LogP contribution in [-0.4, -0.2) is 23.8 Å². The molecule has 1 fully saturated rings. The van der Waals surface area contributed by atoms with Gasteiger partial charge in [-0.3, -0.25) is 0 Å². The molecule has 1 saturated carbocycles. The summed E-state index contributed by atoms with van der Waals surface area (Å²) in [7, 11) is 0. The van der Waals surface area contributed by atoms with E-state index in [0.717, 1.165) is 12.3 Å². The van der Waals surface area contributed by atoms with Crippen molar-refractivity contribution >= 4 is 0 Å². The molecule has 2 N–H and O–H groups in total. The number of rotatable bonds is 6. The number of hydrogen-bond donors (Lipinski definition) is 2. The van der Waals surface area contributed by atoms with Gasteiger partial charge in [-0.2, -0.15) is 0 Å².